The van der Waals surface area contributed by atoms with E-state index in [4.69, 9.17) is 0 Å². The van der Waals surface area contributed by atoms with Crippen LogP contribution in [0, 0.1) is 5.92 Å². The number of hydrogen-bond donors (Lipinski definition) is 0. The molecule has 0 heteroatoms. The van der Waals surface area contributed by atoms with Crippen LogP contribution in [-0.2, 0) is 0 Å². The van der Waals surface area contributed by atoms with Crippen molar-refractivity contribution in [3.05, 3.63) is 11.6 Å². The molecule has 0 heterocycles. The Morgan fingerprint density at radius 2 is 1.59 bits per heavy atom. The summed E-state index contributed by atoms with van der Waals surface area (Å²) in [6.07, 6.45) is 16.2. The first-order valence-electron chi connectivity index (χ1n) is 7.88. The molecule has 0 aliphatic carbocycles. The molecule has 0 aliphatic heterocycles. The van der Waals surface area contributed by atoms with Crippen molar-refractivity contribution in [3.63, 3.8) is 0 Å². The molecule has 17 heavy (non-hydrogen) atoms. The number of allylic oxidation sites excluding steroid dienone is 2. The van der Waals surface area contributed by atoms with Crippen LogP contribution in [0.2, 0.25) is 0 Å². The van der Waals surface area contributed by atoms with E-state index in [0.29, 0.717) is 0 Å². The minimum Gasteiger partial charge on any atom is -0.0853 e. The molecule has 0 saturated heterocycles. The van der Waals surface area contributed by atoms with E-state index in [1.807, 2.05) is 0 Å². The van der Waals surface area contributed by atoms with Crippen LogP contribution < -0.4 is 0 Å². The van der Waals surface area contributed by atoms with Gasteiger partial charge >= 0.3 is 0 Å². The first kappa shape index (κ1) is 16.7. The second-order valence-electron chi connectivity index (χ2n) is 5.75. The molecule has 0 atom stereocenters. The topological polar surface area (TPSA) is 0 Å². The summed E-state index contributed by atoms with van der Waals surface area (Å²) in [7, 11) is 0. The summed E-state index contributed by atoms with van der Waals surface area (Å²) in [6.45, 7) is 9.22. The summed E-state index contributed by atoms with van der Waals surface area (Å²) >= 11 is 0. The lowest BCUT2D eigenvalue weighted by Gasteiger charge is -2.07. The first-order chi connectivity index (χ1) is 8.20. The molecule has 0 spiro atoms. The predicted octanol–water partition coefficient (Wildman–Crippen LogP) is 6.51. The molecule has 0 aromatic heterocycles. The highest BCUT2D eigenvalue weighted by Gasteiger charge is 1.98. The van der Waals surface area contributed by atoms with Crippen LogP contribution in [0.1, 0.15) is 91.9 Å². The van der Waals surface area contributed by atoms with Crippen LogP contribution in [0.4, 0.5) is 0 Å². The Kier molecular flexibility index (Phi) is 12.0. The van der Waals surface area contributed by atoms with Gasteiger partial charge in [-0.3, -0.25) is 0 Å². The van der Waals surface area contributed by atoms with Gasteiger partial charge in [0.05, 0.1) is 0 Å². The Morgan fingerprint density at radius 3 is 2.18 bits per heavy atom. The maximum atomic E-state index is 2.53. The van der Waals surface area contributed by atoms with Gasteiger partial charge in [0.2, 0.25) is 0 Å². The molecule has 0 saturated carbocycles. The van der Waals surface area contributed by atoms with Gasteiger partial charge in [-0.25, -0.2) is 0 Å². The molecule has 102 valence electrons. The van der Waals surface area contributed by atoms with Crippen molar-refractivity contribution >= 4 is 0 Å². The van der Waals surface area contributed by atoms with Crippen molar-refractivity contribution in [2.75, 3.05) is 0 Å². The lowest BCUT2D eigenvalue weighted by atomic mass is 9.99. The molecule has 0 bridgehead atoms. The van der Waals surface area contributed by atoms with Crippen molar-refractivity contribution in [1.82, 2.24) is 0 Å². The monoisotopic (exact) mass is 238 g/mol. The van der Waals surface area contributed by atoms with Gasteiger partial charge in [0.15, 0.2) is 0 Å². The fourth-order valence-corrected chi connectivity index (χ4v) is 2.23. The van der Waals surface area contributed by atoms with Gasteiger partial charge in [0.1, 0.15) is 0 Å². The molecule has 0 aromatic rings. The Hall–Kier alpha value is -0.260. The molecular formula is C17H34. The second-order valence-corrected chi connectivity index (χ2v) is 5.75. The third kappa shape index (κ3) is 12.0. The van der Waals surface area contributed by atoms with Crippen LogP contribution in [0.3, 0.4) is 0 Å². The fraction of sp³-hybridized carbons (Fsp3) is 0.882. The van der Waals surface area contributed by atoms with Gasteiger partial charge in [-0.2, -0.15) is 0 Å². The third-order valence-corrected chi connectivity index (χ3v) is 3.35. The van der Waals surface area contributed by atoms with E-state index in [1.165, 1.54) is 64.2 Å². The summed E-state index contributed by atoms with van der Waals surface area (Å²) in [5.74, 6) is 0.846. The van der Waals surface area contributed by atoms with E-state index >= 15 is 0 Å². The maximum Gasteiger partial charge on any atom is -0.0320 e. The standard InChI is InChI=1S/C17H34/c1-5-7-8-9-10-14-17(12-6-2)15-11-13-16(3)4/h15-16H,5-14H2,1-4H3. The normalized spacial score (nSPS) is 12.4. The van der Waals surface area contributed by atoms with E-state index in [1.54, 1.807) is 5.57 Å². The molecular weight excluding hydrogens is 204 g/mol. The van der Waals surface area contributed by atoms with Crippen molar-refractivity contribution in [2.45, 2.75) is 91.9 Å². The third-order valence-electron chi connectivity index (χ3n) is 3.35. The zero-order chi connectivity index (χ0) is 12.9. The highest BCUT2D eigenvalue weighted by Crippen LogP contribution is 2.17. The van der Waals surface area contributed by atoms with Crippen molar-refractivity contribution in [1.29, 1.82) is 0 Å². The van der Waals surface area contributed by atoms with Gasteiger partial charge in [0, 0.05) is 0 Å². The Labute approximate surface area is 110 Å². The smallest absolute Gasteiger partial charge is 0.0320 e. The van der Waals surface area contributed by atoms with Crippen LogP contribution in [0.25, 0.3) is 0 Å². The van der Waals surface area contributed by atoms with Crippen LogP contribution in [0.15, 0.2) is 11.6 Å². The largest absolute Gasteiger partial charge is 0.0853 e. The molecule has 0 amide bonds. The van der Waals surface area contributed by atoms with Gasteiger partial charge in [-0.1, -0.05) is 71.4 Å². The Bertz CT molecular complexity index is 176. The van der Waals surface area contributed by atoms with E-state index in [-0.39, 0.29) is 0 Å². The van der Waals surface area contributed by atoms with E-state index in [9.17, 15) is 0 Å². The van der Waals surface area contributed by atoms with E-state index < -0.39 is 0 Å². The number of hydrogen-bond acceptors (Lipinski definition) is 0. The minimum atomic E-state index is 0.846. The molecule has 0 N–H and O–H groups in total. The molecule has 0 aromatic carbocycles. The Balaban J connectivity index is 3.72. The quantitative estimate of drug-likeness (QED) is 0.284. The number of unbranched alkanes of at least 4 members (excludes halogenated alkanes) is 4. The zero-order valence-electron chi connectivity index (χ0n) is 12.7. The zero-order valence-corrected chi connectivity index (χ0v) is 12.7. The molecule has 0 rings (SSSR count). The second kappa shape index (κ2) is 12.2. The lowest BCUT2D eigenvalue weighted by Crippen LogP contribution is -1.89. The Morgan fingerprint density at radius 1 is 0.882 bits per heavy atom. The minimum absolute atomic E-state index is 0.846. The van der Waals surface area contributed by atoms with Gasteiger partial charge in [-0.15, -0.1) is 0 Å². The van der Waals surface area contributed by atoms with Crippen LogP contribution in [-0.4, -0.2) is 0 Å². The average molecular weight is 238 g/mol. The van der Waals surface area contributed by atoms with Gasteiger partial charge in [0.25, 0.3) is 0 Å². The highest BCUT2D eigenvalue weighted by atomic mass is 14.0. The summed E-state index contributed by atoms with van der Waals surface area (Å²) < 4.78 is 0. The van der Waals surface area contributed by atoms with Crippen molar-refractivity contribution < 1.29 is 0 Å². The molecule has 0 unspecified atom stereocenters. The molecule has 0 radical (unpaired) electrons. The van der Waals surface area contributed by atoms with E-state index in [0.717, 1.165) is 5.92 Å². The lowest BCUT2D eigenvalue weighted by molar-refractivity contribution is 0.588. The summed E-state index contributed by atoms with van der Waals surface area (Å²) in [4.78, 5) is 0. The van der Waals surface area contributed by atoms with E-state index in [2.05, 4.69) is 33.8 Å². The SMILES string of the molecule is CCCCCCCC(=CCCC(C)C)CCC. The summed E-state index contributed by atoms with van der Waals surface area (Å²) in [6, 6.07) is 0. The van der Waals surface area contributed by atoms with Gasteiger partial charge < -0.3 is 0 Å². The van der Waals surface area contributed by atoms with Crippen LogP contribution >= 0.6 is 0 Å². The predicted molar refractivity (Wildman–Crippen MR) is 80.4 cm³/mol. The van der Waals surface area contributed by atoms with Crippen molar-refractivity contribution in [3.8, 4) is 0 Å². The van der Waals surface area contributed by atoms with Gasteiger partial charge in [-0.05, 0) is 38.0 Å². The average Bonchev–Trinajstić information content (AvgIpc) is 2.28. The first-order valence-corrected chi connectivity index (χ1v) is 7.88. The summed E-state index contributed by atoms with van der Waals surface area (Å²) in [5, 5.41) is 0. The molecule has 0 fully saturated rings. The molecule has 0 nitrogen and oxygen atoms in total. The fourth-order valence-electron chi connectivity index (χ4n) is 2.23. The van der Waals surface area contributed by atoms with Crippen LogP contribution in [0.5, 0.6) is 0 Å². The van der Waals surface area contributed by atoms with Crippen molar-refractivity contribution in [2.24, 2.45) is 5.92 Å². The number of rotatable bonds is 11. The summed E-state index contributed by atoms with van der Waals surface area (Å²) in [5.41, 5.74) is 1.73. The maximum absolute atomic E-state index is 2.53. The molecule has 0 aliphatic rings. The highest BCUT2D eigenvalue weighted by molar-refractivity contribution is 5.01.